The van der Waals surface area contributed by atoms with Crippen molar-refractivity contribution in [2.75, 3.05) is 25.8 Å². The van der Waals surface area contributed by atoms with Crippen LogP contribution in [0.25, 0.3) is 0 Å². The van der Waals surface area contributed by atoms with Crippen molar-refractivity contribution in [3.63, 3.8) is 0 Å². The van der Waals surface area contributed by atoms with Crippen LogP contribution in [0.1, 0.15) is 24.0 Å². The first-order chi connectivity index (χ1) is 13.5. The van der Waals surface area contributed by atoms with Crippen molar-refractivity contribution in [2.45, 2.75) is 12.8 Å². The van der Waals surface area contributed by atoms with Crippen LogP contribution in [0.15, 0.2) is 47.9 Å². The van der Waals surface area contributed by atoms with E-state index in [0.29, 0.717) is 22.8 Å². The van der Waals surface area contributed by atoms with Gasteiger partial charge in [-0.15, -0.1) is 0 Å². The zero-order valence-electron chi connectivity index (χ0n) is 15.8. The molecule has 1 unspecified atom stereocenters. The summed E-state index contributed by atoms with van der Waals surface area (Å²) >= 11 is 0. The highest BCUT2D eigenvalue weighted by atomic mass is 16.7. The van der Waals surface area contributed by atoms with Crippen LogP contribution in [0.3, 0.4) is 0 Å². The minimum absolute atomic E-state index is 0.131. The Morgan fingerprint density at radius 3 is 2.71 bits per heavy atom. The molecule has 0 saturated heterocycles. The van der Waals surface area contributed by atoms with Crippen LogP contribution in [-0.4, -0.2) is 26.8 Å². The van der Waals surface area contributed by atoms with E-state index in [-0.39, 0.29) is 18.6 Å². The van der Waals surface area contributed by atoms with Gasteiger partial charge in [-0.25, -0.2) is 0 Å². The number of rotatable bonds is 3. The number of amides is 1. The molecule has 2 aliphatic rings. The van der Waals surface area contributed by atoms with Gasteiger partial charge in [-0.2, -0.15) is 5.26 Å². The Morgan fingerprint density at radius 2 is 2.00 bits per heavy atom. The van der Waals surface area contributed by atoms with E-state index in [1.165, 1.54) is 6.92 Å². The Labute approximate surface area is 162 Å². The summed E-state index contributed by atoms with van der Waals surface area (Å²) in [6, 6.07) is 13.6. The fourth-order valence-electron chi connectivity index (χ4n) is 3.45. The van der Waals surface area contributed by atoms with Gasteiger partial charge < -0.3 is 19.1 Å². The summed E-state index contributed by atoms with van der Waals surface area (Å²) in [6.07, 6.45) is 0. The minimum atomic E-state index is -0.455. The van der Waals surface area contributed by atoms with E-state index in [0.717, 1.165) is 16.8 Å². The summed E-state index contributed by atoms with van der Waals surface area (Å²) in [5, 5.41) is 12.6. The monoisotopic (exact) mass is 377 g/mol. The second-order valence-corrected chi connectivity index (χ2v) is 6.77. The lowest BCUT2D eigenvalue weighted by molar-refractivity contribution is -0.118. The highest BCUT2D eigenvalue weighted by molar-refractivity contribution is 5.76. The topological polar surface area (TPSA) is 83.8 Å². The fourth-order valence-corrected chi connectivity index (χ4v) is 3.45. The molecular formula is C21H19N3O4. The third kappa shape index (κ3) is 2.89. The first-order valence-corrected chi connectivity index (χ1v) is 8.79. The second-order valence-electron chi connectivity index (χ2n) is 6.77. The van der Waals surface area contributed by atoms with Gasteiger partial charge in [0.1, 0.15) is 17.4 Å². The molecule has 2 aromatic carbocycles. The van der Waals surface area contributed by atoms with Crippen LogP contribution in [0.2, 0.25) is 0 Å². The lowest BCUT2D eigenvalue weighted by Gasteiger charge is -2.29. The standard InChI is InChI=1S/C21H19N3O4/c1-12(25)23-21-16(10-22)19(15-5-4-6-17-20(15)27-11-26-17)14-8-7-13(24(2)3)9-18(14)28-21/h4-9,19H,11H2,1-3H3,(H,23,25). The number of carbonyl (C=O) groups excluding carboxylic acids is 1. The maximum absolute atomic E-state index is 11.7. The molecule has 0 aliphatic carbocycles. The maximum Gasteiger partial charge on any atom is 0.231 e. The molecule has 2 aromatic rings. The summed E-state index contributed by atoms with van der Waals surface area (Å²) in [6.45, 7) is 1.51. The molecule has 142 valence electrons. The van der Waals surface area contributed by atoms with Crippen molar-refractivity contribution >= 4 is 11.6 Å². The quantitative estimate of drug-likeness (QED) is 0.886. The Morgan fingerprint density at radius 1 is 1.18 bits per heavy atom. The average Bonchev–Trinajstić information content (AvgIpc) is 3.15. The summed E-state index contributed by atoms with van der Waals surface area (Å²) in [5.74, 6) is 1.19. The molecule has 2 aliphatic heterocycles. The van der Waals surface area contributed by atoms with Crippen molar-refractivity contribution in [3.05, 3.63) is 59.0 Å². The number of nitrogens with zero attached hydrogens (tertiary/aromatic N) is 2. The highest BCUT2D eigenvalue weighted by Crippen LogP contribution is 2.49. The molecular weight excluding hydrogens is 358 g/mol. The molecule has 7 nitrogen and oxygen atoms in total. The number of nitrogens with one attached hydrogen (secondary N) is 1. The van der Waals surface area contributed by atoms with Crippen molar-refractivity contribution in [1.82, 2.24) is 5.32 Å². The number of ether oxygens (including phenoxy) is 3. The smallest absolute Gasteiger partial charge is 0.231 e. The van der Waals surface area contributed by atoms with Gasteiger partial charge >= 0.3 is 0 Å². The highest BCUT2D eigenvalue weighted by Gasteiger charge is 2.35. The minimum Gasteiger partial charge on any atom is -0.454 e. The van der Waals surface area contributed by atoms with Crippen molar-refractivity contribution in [1.29, 1.82) is 5.26 Å². The molecule has 0 bridgehead atoms. The molecule has 4 rings (SSSR count). The number of fused-ring (bicyclic) bond motifs is 2. The Bertz CT molecular complexity index is 1040. The van der Waals surface area contributed by atoms with Gasteiger partial charge in [0.05, 0.1) is 5.92 Å². The third-order valence-electron chi connectivity index (χ3n) is 4.72. The number of hydrogen-bond acceptors (Lipinski definition) is 6. The van der Waals surface area contributed by atoms with Crippen LogP contribution in [0.4, 0.5) is 5.69 Å². The number of carbonyl (C=O) groups is 1. The molecule has 1 atom stereocenters. The molecule has 0 saturated carbocycles. The maximum atomic E-state index is 11.7. The Hall–Kier alpha value is -3.66. The van der Waals surface area contributed by atoms with Gasteiger partial charge in [-0.3, -0.25) is 10.1 Å². The summed E-state index contributed by atoms with van der Waals surface area (Å²) in [7, 11) is 3.87. The number of anilines is 1. The Balaban J connectivity index is 1.94. The zero-order chi connectivity index (χ0) is 19.8. The summed E-state index contributed by atoms with van der Waals surface area (Å²) < 4.78 is 17.1. The van der Waals surface area contributed by atoms with Crippen molar-refractivity contribution < 1.29 is 19.0 Å². The predicted octanol–water partition coefficient (Wildman–Crippen LogP) is 2.88. The molecule has 7 heteroatoms. The number of allylic oxidation sites excluding steroid dienone is 1. The Kier molecular flexibility index (Phi) is 4.32. The van der Waals surface area contributed by atoms with Gasteiger partial charge in [0, 0.05) is 43.9 Å². The molecule has 1 N–H and O–H groups in total. The van der Waals surface area contributed by atoms with Gasteiger partial charge in [0.15, 0.2) is 11.5 Å². The molecule has 0 radical (unpaired) electrons. The normalized spacial score (nSPS) is 16.7. The van der Waals surface area contributed by atoms with Gasteiger partial charge in [0.25, 0.3) is 0 Å². The van der Waals surface area contributed by atoms with E-state index in [1.54, 1.807) is 0 Å². The molecule has 0 aromatic heterocycles. The number of benzene rings is 2. The lowest BCUT2D eigenvalue weighted by Crippen LogP contribution is -2.29. The largest absolute Gasteiger partial charge is 0.454 e. The van der Waals surface area contributed by atoms with E-state index >= 15 is 0 Å². The van der Waals surface area contributed by atoms with Crippen LogP contribution in [0, 0.1) is 11.3 Å². The third-order valence-corrected chi connectivity index (χ3v) is 4.72. The molecule has 2 heterocycles. The van der Waals surface area contributed by atoms with Gasteiger partial charge in [-0.05, 0) is 12.1 Å². The second kappa shape index (κ2) is 6.82. The predicted molar refractivity (Wildman–Crippen MR) is 102 cm³/mol. The van der Waals surface area contributed by atoms with E-state index in [1.807, 2.05) is 55.4 Å². The summed E-state index contributed by atoms with van der Waals surface area (Å²) in [4.78, 5) is 13.7. The number of nitriles is 1. The average molecular weight is 377 g/mol. The fraction of sp³-hybridized carbons (Fsp3) is 0.238. The van der Waals surface area contributed by atoms with Crippen LogP contribution < -0.4 is 24.4 Å². The molecule has 28 heavy (non-hydrogen) atoms. The SMILES string of the molecule is CC(=O)NC1=C(C#N)C(c2cccc3c2OCO3)c2ccc(N(C)C)cc2O1. The van der Waals surface area contributed by atoms with Crippen LogP contribution in [-0.2, 0) is 4.79 Å². The molecule has 1 amide bonds. The van der Waals surface area contributed by atoms with E-state index in [9.17, 15) is 10.1 Å². The summed E-state index contributed by atoms with van der Waals surface area (Å²) in [5.41, 5.74) is 2.86. The lowest BCUT2D eigenvalue weighted by atomic mass is 9.82. The van der Waals surface area contributed by atoms with Crippen molar-refractivity contribution in [3.8, 4) is 23.3 Å². The van der Waals surface area contributed by atoms with Crippen molar-refractivity contribution in [2.24, 2.45) is 0 Å². The van der Waals surface area contributed by atoms with Crippen LogP contribution >= 0.6 is 0 Å². The van der Waals surface area contributed by atoms with Crippen LogP contribution in [0.5, 0.6) is 17.2 Å². The molecule has 0 spiro atoms. The van der Waals surface area contributed by atoms with Gasteiger partial charge in [0.2, 0.25) is 18.6 Å². The first-order valence-electron chi connectivity index (χ1n) is 8.79. The zero-order valence-corrected chi connectivity index (χ0v) is 15.8. The number of hydrogen-bond donors (Lipinski definition) is 1. The van der Waals surface area contributed by atoms with E-state index in [4.69, 9.17) is 14.2 Å². The number of para-hydroxylation sites is 1. The van der Waals surface area contributed by atoms with E-state index in [2.05, 4.69) is 11.4 Å². The first kappa shape index (κ1) is 17.7. The molecule has 0 fully saturated rings. The van der Waals surface area contributed by atoms with Gasteiger partial charge in [-0.1, -0.05) is 18.2 Å². The van der Waals surface area contributed by atoms with E-state index < -0.39 is 5.92 Å².